The molecule has 7 heteroatoms. The average molecular weight is 385 g/mol. The highest BCUT2D eigenvalue weighted by Gasteiger charge is 2.37. The van der Waals surface area contributed by atoms with Gasteiger partial charge in [-0.15, -0.1) is 0 Å². The summed E-state index contributed by atoms with van der Waals surface area (Å²) >= 11 is 12.1. The smallest absolute Gasteiger partial charge is 0.245 e. The van der Waals surface area contributed by atoms with Crippen molar-refractivity contribution < 1.29 is 8.42 Å². The Bertz CT molecular complexity index is 828. The lowest BCUT2D eigenvalue weighted by atomic mass is 10.1. The molecule has 1 saturated heterocycles. The van der Waals surface area contributed by atoms with Gasteiger partial charge in [0.25, 0.3) is 0 Å². The Labute approximate surface area is 152 Å². The summed E-state index contributed by atoms with van der Waals surface area (Å²) in [6.45, 7) is 1.70. The Kier molecular flexibility index (Phi) is 5.18. The summed E-state index contributed by atoms with van der Waals surface area (Å²) in [5, 5.41) is 0.536. The standard InChI is InChI=1S/C17H18Cl2N2O2S/c1-20-9-10-21(16(12-20)13-5-3-2-4-6-13)24(22,23)17-11-14(18)7-8-15(17)19/h2-8,11,16H,9-10,12H2,1H3. The fraction of sp³-hybridized carbons (Fsp3) is 0.294. The summed E-state index contributed by atoms with van der Waals surface area (Å²) in [5.74, 6) is 0. The van der Waals surface area contributed by atoms with Crippen LogP contribution in [0.25, 0.3) is 0 Å². The number of benzene rings is 2. The molecule has 1 atom stereocenters. The minimum atomic E-state index is -3.75. The third kappa shape index (κ3) is 3.46. The zero-order chi connectivity index (χ0) is 17.3. The zero-order valence-corrected chi connectivity index (χ0v) is 15.5. The van der Waals surface area contributed by atoms with Crippen LogP contribution in [0.2, 0.25) is 10.0 Å². The van der Waals surface area contributed by atoms with Gasteiger partial charge < -0.3 is 4.90 Å². The van der Waals surface area contributed by atoms with E-state index in [1.54, 1.807) is 6.07 Å². The first kappa shape index (κ1) is 17.7. The van der Waals surface area contributed by atoms with E-state index in [1.807, 2.05) is 37.4 Å². The molecule has 0 aliphatic carbocycles. The van der Waals surface area contributed by atoms with E-state index in [9.17, 15) is 8.42 Å². The molecule has 1 aliphatic rings. The third-order valence-electron chi connectivity index (χ3n) is 4.20. The average Bonchev–Trinajstić information content (AvgIpc) is 2.57. The van der Waals surface area contributed by atoms with E-state index < -0.39 is 10.0 Å². The summed E-state index contributed by atoms with van der Waals surface area (Å²) in [4.78, 5) is 2.19. The van der Waals surface area contributed by atoms with E-state index in [0.717, 1.165) is 5.56 Å². The van der Waals surface area contributed by atoms with Crippen LogP contribution in [0.1, 0.15) is 11.6 Å². The van der Waals surface area contributed by atoms with Crippen molar-refractivity contribution in [3.8, 4) is 0 Å². The van der Waals surface area contributed by atoms with Gasteiger partial charge in [-0.1, -0.05) is 53.5 Å². The van der Waals surface area contributed by atoms with Gasteiger partial charge >= 0.3 is 0 Å². The molecule has 1 fully saturated rings. The number of hydrogen-bond acceptors (Lipinski definition) is 3. The molecule has 0 spiro atoms. The predicted molar refractivity (Wildman–Crippen MR) is 97.0 cm³/mol. The van der Waals surface area contributed by atoms with Crippen molar-refractivity contribution in [2.75, 3.05) is 26.7 Å². The Balaban J connectivity index is 2.05. The van der Waals surface area contributed by atoms with Crippen LogP contribution in [0, 0.1) is 0 Å². The highest BCUT2D eigenvalue weighted by atomic mass is 35.5. The maximum absolute atomic E-state index is 13.2. The normalized spacial score (nSPS) is 20.2. The van der Waals surface area contributed by atoms with Gasteiger partial charge in [0.1, 0.15) is 4.90 Å². The van der Waals surface area contributed by atoms with E-state index in [1.165, 1.54) is 16.4 Å². The first-order chi connectivity index (χ1) is 11.4. The van der Waals surface area contributed by atoms with Crippen molar-refractivity contribution >= 4 is 33.2 Å². The molecule has 24 heavy (non-hydrogen) atoms. The summed E-state index contributed by atoms with van der Waals surface area (Å²) in [6, 6.07) is 13.9. The lowest BCUT2D eigenvalue weighted by molar-refractivity contribution is 0.161. The first-order valence-corrected chi connectivity index (χ1v) is 9.79. The van der Waals surface area contributed by atoms with E-state index in [-0.39, 0.29) is 16.0 Å². The van der Waals surface area contributed by atoms with Gasteiger partial charge in [0.05, 0.1) is 11.1 Å². The zero-order valence-electron chi connectivity index (χ0n) is 13.2. The third-order valence-corrected chi connectivity index (χ3v) is 6.82. The van der Waals surface area contributed by atoms with Crippen molar-refractivity contribution in [2.45, 2.75) is 10.9 Å². The van der Waals surface area contributed by atoms with Crippen molar-refractivity contribution in [1.29, 1.82) is 0 Å². The van der Waals surface area contributed by atoms with E-state index >= 15 is 0 Å². The topological polar surface area (TPSA) is 40.6 Å². The molecule has 2 aromatic carbocycles. The molecule has 4 nitrogen and oxygen atoms in total. The minimum absolute atomic E-state index is 0.0575. The van der Waals surface area contributed by atoms with Crippen LogP contribution in [0.5, 0.6) is 0 Å². The van der Waals surface area contributed by atoms with Crippen LogP contribution in [0.15, 0.2) is 53.4 Å². The number of likely N-dealkylation sites (N-methyl/N-ethyl adjacent to an activating group) is 1. The van der Waals surface area contributed by atoms with E-state index in [0.29, 0.717) is 24.7 Å². The quantitative estimate of drug-likeness (QED) is 0.810. The molecule has 1 aliphatic heterocycles. The van der Waals surface area contributed by atoms with Gasteiger partial charge in [0.15, 0.2) is 0 Å². The highest BCUT2D eigenvalue weighted by molar-refractivity contribution is 7.89. The van der Waals surface area contributed by atoms with E-state index in [2.05, 4.69) is 4.90 Å². The van der Waals surface area contributed by atoms with Gasteiger partial charge in [-0.3, -0.25) is 0 Å². The number of piperazine rings is 1. The second-order valence-corrected chi connectivity index (χ2v) is 8.58. The number of sulfonamides is 1. The summed E-state index contributed by atoms with van der Waals surface area (Å²) in [5.41, 5.74) is 0.964. The van der Waals surface area contributed by atoms with Gasteiger partial charge in [0, 0.05) is 24.7 Å². The Morgan fingerprint density at radius 1 is 1.04 bits per heavy atom. The first-order valence-electron chi connectivity index (χ1n) is 7.60. The van der Waals surface area contributed by atoms with Crippen molar-refractivity contribution in [1.82, 2.24) is 9.21 Å². The number of halogens is 2. The van der Waals surface area contributed by atoms with Crippen LogP contribution in [-0.2, 0) is 10.0 Å². The molecular formula is C17H18Cl2N2O2S. The molecule has 0 amide bonds. The predicted octanol–water partition coefficient (Wildman–Crippen LogP) is 3.67. The minimum Gasteiger partial charge on any atom is -0.303 e. The monoisotopic (exact) mass is 384 g/mol. The molecule has 0 radical (unpaired) electrons. The maximum Gasteiger partial charge on any atom is 0.245 e. The molecule has 3 rings (SSSR count). The summed E-state index contributed by atoms with van der Waals surface area (Å²) < 4.78 is 28.0. The molecule has 1 unspecified atom stereocenters. The Morgan fingerprint density at radius 3 is 2.46 bits per heavy atom. The summed E-state index contributed by atoms with van der Waals surface area (Å²) in [6.07, 6.45) is 0. The molecule has 0 bridgehead atoms. The van der Waals surface area contributed by atoms with Gasteiger partial charge in [-0.25, -0.2) is 8.42 Å². The fourth-order valence-corrected chi connectivity index (χ4v) is 5.27. The van der Waals surface area contributed by atoms with E-state index in [4.69, 9.17) is 23.2 Å². The number of rotatable bonds is 3. The van der Waals surface area contributed by atoms with Crippen molar-refractivity contribution in [2.24, 2.45) is 0 Å². The van der Waals surface area contributed by atoms with Crippen LogP contribution in [-0.4, -0.2) is 44.3 Å². The lowest BCUT2D eigenvalue weighted by Crippen LogP contribution is -2.49. The maximum atomic E-state index is 13.2. The number of hydrogen-bond donors (Lipinski definition) is 0. The number of nitrogens with zero attached hydrogens (tertiary/aromatic N) is 2. The largest absolute Gasteiger partial charge is 0.303 e. The molecular weight excluding hydrogens is 367 g/mol. The van der Waals surface area contributed by atoms with Crippen LogP contribution in [0.4, 0.5) is 0 Å². The second-order valence-electron chi connectivity index (χ2n) is 5.88. The van der Waals surface area contributed by atoms with Crippen molar-refractivity contribution in [3.05, 3.63) is 64.1 Å². The molecule has 128 valence electrons. The molecule has 2 aromatic rings. The summed E-state index contributed by atoms with van der Waals surface area (Å²) in [7, 11) is -1.75. The lowest BCUT2D eigenvalue weighted by Gasteiger charge is -2.39. The molecule has 0 saturated carbocycles. The highest BCUT2D eigenvalue weighted by Crippen LogP contribution is 2.34. The van der Waals surface area contributed by atoms with Gasteiger partial charge in [-0.05, 0) is 30.8 Å². The van der Waals surface area contributed by atoms with Gasteiger partial charge in [-0.2, -0.15) is 4.31 Å². The Morgan fingerprint density at radius 2 is 1.75 bits per heavy atom. The molecule has 1 heterocycles. The molecule has 0 N–H and O–H groups in total. The second kappa shape index (κ2) is 7.02. The Hall–Kier alpha value is -1.11. The molecule has 0 aromatic heterocycles. The van der Waals surface area contributed by atoms with Crippen molar-refractivity contribution in [3.63, 3.8) is 0 Å². The van der Waals surface area contributed by atoms with Crippen LogP contribution in [0.3, 0.4) is 0 Å². The van der Waals surface area contributed by atoms with Crippen LogP contribution < -0.4 is 0 Å². The van der Waals surface area contributed by atoms with Crippen LogP contribution >= 0.6 is 23.2 Å². The SMILES string of the molecule is CN1CCN(S(=O)(=O)c2cc(Cl)ccc2Cl)C(c2ccccc2)C1. The fourth-order valence-electron chi connectivity index (χ4n) is 2.94. The van der Waals surface area contributed by atoms with Gasteiger partial charge in [0.2, 0.25) is 10.0 Å².